The highest BCUT2D eigenvalue weighted by atomic mass is 16.3. The van der Waals surface area contributed by atoms with Crippen LogP contribution in [0.4, 0.5) is 0 Å². The molecule has 0 amide bonds. The Labute approximate surface area is 88.3 Å². The van der Waals surface area contributed by atoms with Crippen LogP contribution in [-0.4, -0.2) is 35.2 Å². The molecular weight excluding hydrogens is 174 g/mol. The molecule has 2 nitrogen and oxygen atoms in total. The summed E-state index contributed by atoms with van der Waals surface area (Å²) in [4.78, 5) is 2.45. The van der Waals surface area contributed by atoms with E-state index < -0.39 is 0 Å². The van der Waals surface area contributed by atoms with Crippen molar-refractivity contribution in [3.05, 3.63) is 0 Å². The highest BCUT2D eigenvalue weighted by molar-refractivity contribution is 4.79. The normalized spacial score (nSPS) is 31.7. The molecule has 1 saturated heterocycles. The van der Waals surface area contributed by atoms with Crippen molar-refractivity contribution in [2.24, 2.45) is 5.92 Å². The molecule has 1 rings (SSSR count). The van der Waals surface area contributed by atoms with E-state index in [1.165, 1.54) is 19.4 Å². The largest absolute Gasteiger partial charge is 0.392 e. The fraction of sp³-hybridized carbons (Fsp3) is 1.00. The predicted octanol–water partition coefficient (Wildman–Crippen LogP) is 2.27. The number of hydrogen-bond acceptors (Lipinski definition) is 2. The highest BCUT2D eigenvalue weighted by Crippen LogP contribution is 2.23. The van der Waals surface area contributed by atoms with E-state index in [0.29, 0.717) is 6.04 Å². The molecule has 0 saturated carbocycles. The van der Waals surface area contributed by atoms with E-state index in [1.54, 1.807) is 0 Å². The van der Waals surface area contributed by atoms with Crippen LogP contribution in [0.1, 0.15) is 46.5 Å². The van der Waals surface area contributed by atoms with Crippen LogP contribution in [0.5, 0.6) is 0 Å². The summed E-state index contributed by atoms with van der Waals surface area (Å²) in [6, 6.07) is 0.648. The Morgan fingerprint density at radius 1 is 1.43 bits per heavy atom. The molecule has 1 aliphatic heterocycles. The molecular formula is C12H25NO. The fourth-order valence-electron chi connectivity index (χ4n) is 2.37. The molecule has 1 fully saturated rings. The van der Waals surface area contributed by atoms with Gasteiger partial charge >= 0.3 is 0 Å². The average Bonchev–Trinajstić information content (AvgIpc) is 2.13. The number of aliphatic hydroxyl groups excluding tert-OH is 1. The minimum absolute atomic E-state index is 0.118. The molecule has 2 heteroatoms. The van der Waals surface area contributed by atoms with Gasteiger partial charge in [0.15, 0.2) is 0 Å². The Balaban J connectivity index is 2.35. The lowest BCUT2D eigenvalue weighted by atomic mass is 9.92. The first kappa shape index (κ1) is 12.0. The molecule has 0 radical (unpaired) electrons. The Bertz CT molecular complexity index is 160. The molecule has 0 bridgehead atoms. The van der Waals surface area contributed by atoms with Gasteiger partial charge in [0.1, 0.15) is 0 Å². The van der Waals surface area contributed by atoms with Gasteiger partial charge in [-0.25, -0.2) is 0 Å². The molecule has 1 N–H and O–H groups in total. The average molecular weight is 199 g/mol. The molecule has 1 aliphatic rings. The highest BCUT2D eigenvalue weighted by Gasteiger charge is 2.25. The number of piperidine rings is 1. The van der Waals surface area contributed by atoms with Crippen molar-refractivity contribution in [2.45, 2.75) is 58.6 Å². The third kappa shape index (κ3) is 3.25. The minimum atomic E-state index is -0.118. The van der Waals surface area contributed by atoms with Crippen molar-refractivity contribution in [3.63, 3.8) is 0 Å². The second kappa shape index (κ2) is 5.72. The van der Waals surface area contributed by atoms with Crippen molar-refractivity contribution >= 4 is 0 Å². The molecule has 0 aromatic carbocycles. The first-order valence-corrected chi connectivity index (χ1v) is 6.07. The van der Waals surface area contributed by atoms with Gasteiger partial charge in [0.05, 0.1) is 6.10 Å². The summed E-state index contributed by atoms with van der Waals surface area (Å²) in [7, 11) is 0. The Kier molecular flexibility index (Phi) is 4.90. The van der Waals surface area contributed by atoms with Gasteiger partial charge in [-0.1, -0.05) is 20.3 Å². The molecule has 3 unspecified atom stereocenters. The lowest BCUT2D eigenvalue weighted by Gasteiger charge is -2.38. The quantitative estimate of drug-likeness (QED) is 0.751. The van der Waals surface area contributed by atoms with Gasteiger partial charge in [0, 0.05) is 12.6 Å². The number of aliphatic hydroxyl groups is 1. The zero-order chi connectivity index (χ0) is 10.6. The molecule has 14 heavy (non-hydrogen) atoms. The van der Waals surface area contributed by atoms with Gasteiger partial charge in [-0.2, -0.15) is 0 Å². The maximum absolute atomic E-state index is 9.76. The summed E-state index contributed by atoms with van der Waals surface area (Å²) in [5.41, 5.74) is 0. The van der Waals surface area contributed by atoms with Crippen LogP contribution in [0.2, 0.25) is 0 Å². The smallest absolute Gasteiger partial charge is 0.0667 e. The van der Waals surface area contributed by atoms with Crippen LogP contribution in [0, 0.1) is 5.92 Å². The van der Waals surface area contributed by atoms with E-state index in [-0.39, 0.29) is 6.10 Å². The summed E-state index contributed by atoms with van der Waals surface area (Å²) in [6.07, 6.45) is 4.55. The number of β-amino-alcohol motifs (C(OH)–C–C–N with tert-alkyl or cyclic N) is 1. The van der Waals surface area contributed by atoms with E-state index in [9.17, 15) is 5.11 Å². The van der Waals surface area contributed by atoms with Crippen LogP contribution in [0.25, 0.3) is 0 Å². The Hall–Kier alpha value is -0.0800. The summed E-state index contributed by atoms with van der Waals surface area (Å²) >= 11 is 0. The van der Waals surface area contributed by atoms with Gasteiger partial charge in [0.25, 0.3) is 0 Å². The van der Waals surface area contributed by atoms with E-state index in [0.717, 1.165) is 25.3 Å². The van der Waals surface area contributed by atoms with Crippen LogP contribution in [0.3, 0.4) is 0 Å². The standard InChI is InChI=1S/C12H25NO/c1-4-6-12(14)9-13-8-5-7-10(2)11(13)3/h10-12,14H,4-9H2,1-3H3. The number of hydrogen-bond donors (Lipinski definition) is 1. The first-order valence-electron chi connectivity index (χ1n) is 6.07. The first-order chi connectivity index (χ1) is 6.65. The zero-order valence-electron chi connectivity index (χ0n) is 9.87. The van der Waals surface area contributed by atoms with Crippen LogP contribution in [0.15, 0.2) is 0 Å². The van der Waals surface area contributed by atoms with Crippen LogP contribution < -0.4 is 0 Å². The lowest BCUT2D eigenvalue weighted by molar-refractivity contribution is 0.0479. The second-order valence-electron chi connectivity index (χ2n) is 4.80. The molecule has 3 atom stereocenters. The maximum atomic E-state index is 9.76. The van der Waals surface area contributed by atoms with Crippen LogP contribution >= 0.6 is 0 Å². The summed E-state index contributed by atoms with van der Waals surface area (Å²) in [6.45, 7) is 8.79. The van der Waals surface area contributed by atoms with E-state index in [2.05, 4.69) is 25.7 Å². The summed E-state index contributed by atoms with van der Waals surface area (Å²) in [5.74, 6) is 0.789. The minimum Gasteiger partial charge on any atom is -0.392 e. The number of likely N-dealkylation sites (tertiary alicyclic amines) is 1. The predicted molar refractivity (Wildman–Crippen MR) is 60.3 cm³/mol. The third-order valence-corrected chi connectivity index (χ3v) is 3.57. The molecule has 0 aromatic rings. The van der Waals surface area contributed by atoms with E-state index in [1.807, 2.05) is 0 Å². The van der Waals surface area contributed by atoms with Gasteiger partial charge in [-0.15, -0.1) is 0 Å². The topological polar surface area (TPSA) is 23.5 Å². The monoisotopic (exact) mass is 199 g/mol. The lowest BCUT2D eigenvalue weighted by Crippen LogP contribution is -2.45. The second-order valence-corrected chi connectivity index (χ2v) is 4.80. The molecule has 1 heterocycles. The zero-order valence-corrected chi connectivity index (χ0v) is 9.87. The molecule has 84 valence electrons. The van der Waals surface area contributed by atoms with Crippen molar-refractivity contribution in [1.82, 2.24) is 4.90 Å². The van der Waals surface area contributed by atoms with Gasteiger partial charge < -0.3 is 5.11 Å². The van der Waals surface area contributed by atoms with Crippen molar-refractivity contribution in [2.75, 3.05) is 13.1 Å². The van der Waals surface area contributed by atoms with E-state index >= 15 is 0 Å². The Morgan fingerprint density at radius 2 is 2.14 bits per heavy atom. The van der Waals surface area contributed by atoms with Gasteiger partial charge in [-0.05, 0) is 38.6 Å². The summed E-state index contributed by atoms with van der Waals surface area (Å²) < 4.78 is 0. The SMILES string of the molecule is CCCC(O)CN1CCCC(C)C1C. The fourth-order valence-corrected chi connectivity index (χ4v) is 2.37. The maximum Gasteiger partial charge on any atom is 0.0667 e. The molecule has 0 aromatic heterocycles. The number of rotatable bonds is 4. The molecule has 0 aliphatic carbocycles. The van der Waals surface area contributed by atoms with Crippen LogP contribution in [-0.2, 0) is 0 Å². The van der Waals surface area contributed by atoms with Crippen molar-refractivity contribution < 1.29 is 5.11 Å². The third-order valence-electron chi connectivity index (χ3n) is 3.57. The van der Waals surface area contributed by atoms with Crippen molar-refractivity contribution in [3.8, 4) is 0 Å². The van der Waals surface area contributed by atoms with E-state index in [4.69, 9.17) is 0 Å². The van der Waals surface area contributed by atoms with Crippen molar-refractivity contribution in [1.29, 1.82) is 0 Å². The van der Waals surface area contributed by atoms with Gasteiger partial charge in [0.2, 0.25) is 0 Å². The number of nitrogens with zero attached hydrogens (tertiary/aromatic N) is 1. The van der Waals surface area contributed by atoms with Gasteiger partial charge in [-0.3, -0.25) is 4.90 Å². The summed E-state index contributed by atoms with van der Waals surface area (Å²) in [5, 5.41) is 9.76. The Morgan fingerprint density at radius 3 is 2.79 bits per heavy atom. The molecule has 0 spiro atoms.